The van der Waals surface area contributed by atoms with Gasteiger partial charge in [0.25, 0.3) is 0 Å². The van der Waals surface area contributed by atoms with Crippen molar-refractivity contribution in [2.24, 2.45) is 0 Å². The predicted molar refractivity (Wildman–Crippen MR) is 88.5 cm³/mol. The van der Waals surface area contributed by atoms with Crippen LogP contribution in [0.2, 0.25) is 0 Å². The zero-order chi connectivity index (χ0) is 18.9. The standard InChI is InChI=1S/C19H16F3NO3/c1-2-26-17(25)18(11-12-6-4-3-5-7-12)14-9-8-13(19(20,21)22)10-15(14)23-16(18)24/h3-10H,2,11H2,1H3,(H,23,24)/t18-/m0/s1. The molecular weight excluding hydrogens is 347 g/mol. The van der Waals surface area contributed by atoms with E-state index in [1.165, 1.54) is 6.07 Å². The molecule has 1 aliphatic heterocycles. The fourth-order valence-electron chi connectivity index (χ4n) is 3.15. The first-order valence-corrected chi connectivity index (χ1v) is 8.03. The van der Waals surface area contributed by atoms with Crippen LogP contribution in [0.3, 0.4) is 0 Å². The molecule has 4 nitrogen and oxygen atoms in total. The van der Waals surface area contributed by atoms with Gasteiger partial charge in [-0.1, -0.05) is 36.4 Å². The average Bonchev–Trinajstić information content (AvgIpc) is 2.87. The molecule has 1 aliphatic rings. The Morgan fingerprint density at radius 3 is 2.46 bits per heavy atom. The van der Waals surface area contributed by atoms with Gasteiger partial charge in [0.05, 0.1) is 12.2 Å². The topological polar surface area (TPSA) is 55.4 Å². The van der Waals surface area contributed by atoms with Crippen molar-refractivity contribution in [1.29, 1.82) is 0 Å². The highest BCUT2D eigenvalue weighted by Crippen LogP contribution is 2.44. The van der Waals surface area contributed by atoms with E-state index >= 15 is 0 Å². The number of halogens is 3. The fraction of sp³-hybridized carbons (Fsp3) is 0.263. The minimum absolute atomic E-state index is 0.00310. The van der Waals surface area contributed by atoms with Crippen LogP contribution in [0.5, 0.6) is 0 Å². The molecule has 136 valence electrons. The number of rotatable bonds is 4. The fourth-order valence-corrected chi connectivity index (χ4v) is 3.15. The van der Waals surface area contributed by atoms with Crippen molar-refractivity contribution in [1.82, 2.24) is 0 Å². The SMILES string of the molecule is CCOC(=O)[C@]1(Cc2ccccc2)C(=O)Nc2cc(C(F)(F)F)ccc21. The van der Waals surface area contributed by atoms with Crippen molar-refractivity contribution in [3.63, 3.8) is 0 Å². The number of nitrogens with one attached hydrogen (secondary N) is 1. The summed E-state index contributed by atoms with van der Waals surface area (Å²) in [5.74, 6) is -1.46. The molecule has 0 aliphatic carbocycles. The van der Waals surface area contributed by atoms with Gasteiger partial charge in [0.15, 0.2) is 5.41 Å². The van der Waals surface area contributed by atoms with Gasteiger partial charge in [0.2, 0.25) is 5.91 Å². The smallest absolute Gasteiger partial charge is 0.416 e. The van der Waals surface area contributed by atoms with Gasteiger partial charge in [-0.3, -0.25) is 9.59 Å². The molecule has 0 unspecified atom stereocenters. The van der Waals surface area contributed by atoms with Crippen LogP contribution < -0.4 is 5.32 Å². The first-order valence-electron chi connectivity index (χ1n) is 8.03. The molecule has 0 bridgehead atoms. The van der Waals surface area contributed by atoms with Crippen LogP contribution in [0, 0.1) is 0 Å². The Balaban J connectivity index is 2.13. The maximum absolute atomic E-state index is 13.0. The number of carbonyl (C=O) groups excluding carboxylic acids is 2. The van der Waals surface area contributed by atoms with Crippen molar-refractivity contribution in [2.45, 2.75) is 24.9 Å². The van der Waals surface area contributed by atoms with E-state index < -0.39 is 29.0 Å². The number of anilines is 1. The number of fused-ring (bicyclic) bond motifs is 1. The predicted octanol–water partition coefficient (Wildman–Crippen LogP) is 3.70. The number of ether oxygens (including phenoxy) is 1. The number of esters is 1. The molecule has 1 amide bonds. The Bertz CT molecular complexity index is 849. The van der Waals surface area contributed by atoms with E-state index in [4.69, 9.17) is 4.74 Å². The number of hydrogen-bond acceptors (Lipinski definition) is 3. The highest BCUT2D eigenvalue weighted by atomic mass is 19.4. The van der Waals surface area contributed by atoms with Gasteiger partial charge in [0.1, 0.15) is 0 Å². The molecule has 2 aromatic carbocycles. The summed E-state index contributed by atoms with van der Waals surface area (Å²) in [5.41, 5.74) is -1.73. The second-order valence-corrected chi connectivity index (χ2v) is 6.00. The van der Waals surface area contributed by atoms with Crippen molar-refractivity contribution >= 4 is 17.6 Å². The molecule has 3 rings (SSSR count). The molecule has 1 heterocycles. The molecule has 0 saturated carbocycles. The lowest BCUT2D eigenvalue weighted by atomic mass is 9.76. The van der Waals surface area contributed by atoms with Gasteiger partial charge in [-0.15, -0.1) is 0 Å². The molecule has 0 spiro atoms. The van der Waals surface area contributed by atoms with E-state index in [9.17, 15) is 22.8 Å². The first-order chi connectivity index (χ1) is 12.3. The number of hydrogen-bond donors (Lipinski definition) is 1. The number of benzene rings is 2. The lowest BCUT2D eigenvalue weighted by Crippen LogP contribution is -2.45. The third-order valence-electron chi connectivity index (χ3n) is 4.38. The maximum atomic E-state index is 13.0. The summed E-state index contributed by atoms with van der Waals surface area (Å²) in [4.78, 5) is 25.5. The van der Waals surface area contributed by atoms with Crippen molar-refractivity contribution in [3.05, 3.63) is 65.2 Å². The molecule has 1 N–H and O–H groups in total. The number of amides is 1. The maximum Gasteiger partial charge on any atom is 0.416 e. The molecule has 1 atom stereocenters. The monoisotopic (exact) mass is 363 g/mol. The minimum Gasteiger partial charge on any atom is -0.465 e. The van der Waals surface area contributed by atoms with Crippen molar-refractivity contribution in [2.75, 3.05) is 11.9 Å². The number of carbonyl (C=O) groups is 2. The molecule has 7 heteroatoms. The van der Waals surface area contributed by atoms with E-state index in [0.717, 1.165) is 12.1 Å². The summed E-state index contributed by atoms with van der Waals surface area (Å²) >= 11 is 0. The molecular formula is C19H16F3NO3. The van der Waals surface area contributed by atoms with E-state index in [-0.39, 0.29) is 24.3 Å². The number of alkyl halides is 3. The van der Waals surface area contributed by atoms with E-state index in [1.54, 1.807) is 37.3 Å². The summed E-state index contributed by atoms with van der Waals surface area (Å²) < 4.78 is 44.0. The highest BCUT2D eigenvalue weighted by molar-refractivity contribution is 6.19. The molecule has 0 fully saturated rings. The Kier molecular flexibility index (Phi) is 4.48. The van der Waals surface area contributed by atoms with Gasteiger partial charge in [-0.05, 0) is 24.6 Å². The summed E-state index contributed by atoms with van der Waals surface area (Å²) in [6.07, 6.45) is -4.55. The summed E-state index contributed by atoms with van der Waals surface area (Å²) in [6, 6.07) is 11.7. The largest absolute Gasteiger partial charge is 0.465 e. The Morgan fingerprint density at radius 1 is 1.15 bits per heavy atom. The second kappa shape index (κ2) is 6.48. The molecule has 0 saturated heterocycles. The van der Waals surface area contributed by atoms with Crippen LogP contribution in [0.25, 0.3) is 0 Å². The third kappa shape index (κ3) is 2.94. The van der Waals surface area contributed by atoms with Crippen LogP contribution in [0.4, 0.5) is 18.9 Å². The summed E-state index contributed by atoms with van der Waals surface area (Å²) in [6.45, 7) is 1.66. The Morgan fingerprint density at radius 2 is 1.85 bits per heavy atom. The van der Waals surface area contributed by atoms with Crippen LogP contribution in [-0.2, 0) is 32.3 Å². The van der Waals surface area contributed by atoms with Gasteiger partial charge >= 0.3 is 12.1 Å². The molecule has 26 heavy (non-hydrogen) atoms. The molecule has 0 radical (unpaired) electrons. The minimum atomic E-state index is -4.55. The Hall–Kier alpha value is -2.83. The van der Waals surface area contributed by atoms with Crippen molar-refractivity contribution in [3.8, 4) is 0 Å². The third-order valence-corrected chi connectivity index (χ3v) is 4.38. The zero-order valence-electron chi connectivity index (χ0n) is 13.9. The van der Waals surface area contributed by atoms with Gasteiger partial charge in [-0.2, -0.15) is 13.2 Å². The lowest BCUT2D eigenvalue weighted by Gasteiger charge is -2.25. The lowest BCUT2D eigenvalue weighted by molar-refractivity contribution is -0.153. The zero-order valence-corrected chi connectivity index (χ0v) is 13.9. The highest BCUT2D eigenvalue weighted by Gasteiger charge is 2.54. The average molecular weight is 363 g/mol. The first kappa shape index (κ1) is 18.0. The van der Waals surface area contributed by atoms with Crippen LogP contribution in [0.15, 0.2) is 48.5 Å². The van der Waals surface area contributed by atoms with Gasteiger partial charge < -0.3 is 10.1 Å². The van der Waals surface area contributed by atoms with Crippen LogP contribution in [0.1, 0.15) is 23.6 Å². The normalized spacial score (nSPS) is 19.0. The van der Waals surface area contributed by atoms with Crippen LogP contribution >= 0.6 is 0 Å². The van der Waals surface area contributed by atoms with Gasteiger partial charge in [0, 0.05) is 17.7 Å². The van der Waals surface area contributed by atoms with E-state index in [2.05, 4.69) is 5.32 Å². The summed E-state index contributed by atoms with van der Waals surface area (Å²) in [7, 11) is 0. The molecule has 0 aromatic heterocycles. The molecule has 2 aromatic rings. The van der Waals surface area contributed by atoms with E-state index in [0.29, 0.717) is 5.56 Å². The second-order valence-electron chi connectivity index (χ2n) is 6.00. The van der Waals surface area contributed by atoms with E-state index in [1.807, 2.05) is 0 Å². The van der Waals surface area contributed by atoms with Gasteiger partial charge in [-0.25, -0.2) is 0 Å². The van der Waals surface area contributed by atoms with Crippen molar-refractivity contribution < 1.29 is 27.5 Å². The quantitative estimate of drug-likeness (QED) is 0.666. The summed E-state index contributed by atoms with van der Waals surface area (Å²) in [5, 5.41) is 2.42. The Labute approximate surface area is 148 Å². The van der Waals surface area contributed by atoms with Crippen LogP contribution in [-0.4, -0.2) is 18.5 Å².